The van der Waals surface area contributed by atoms with Gasteiger partial charge in [0.15, 0.2) is 0 Å². The Hall–Kier alpha value is -3.77. The number of Topliss-reactive ketones (excluding diaryl/α,β-unsaturated/α-hetero) is 1. The van der Waals surface area contributed by atoms with Crippen LogP contribution in [0, 0.1) is 6.92 Å². The molecule has 0 atom stereocenters. The zero-order valence-electron chi connectivity index (χ0n) is 15.9. The molecule has 11 nitrogen and oxygen atoms in total. The number of carboxylic acid groups (broad SMARTS) is 2. The number of carbonyl (C=O) groups is 4. The standard InChI is InChI=1S/C11H12O5.C8H5NO5S/c1-6-2-8(5-11(15)16)9(12)3-7(6)4-10(13)14;10-7-5-3-4(15(12,13)14)1-2-6(5)9-8(7)11/h2-3,12H,4-5H2,1H3,(H,13,14)(H,15,16);1-3H,(H,9,10,11)(H,12,13,14). The molecule has 0 saturated carbocycles. The number of ketones is 1. The summed E-state index contributed by atoms with van der Waals surface area (Å²) in [5, 5.41) is 29.0. The van der Waals surface area contributed by atoms with Crippen LogP contribution in [0.4, 0.5) is 5.69 Å². The molecule has 164 valence electrons. The van der Waals surface area contributed by atoms with Gasteiger partial charge in [-0.15, -0.1) is 0 Å². The number of carbonyl (C=O) groups excluding carboxylic acids is 2. The van der Waals surface area contributed by atoms with E-state index in [1.54, 1.807) is 6.92 Å². The Balaban J connectivity index is 0.000000220. The highest BCUT2D eigenvalue weighted by Gasteiger charge is 2.29. The first-order chi connectivity index (χ1) is 14.3. The van der Waals surface area contributed by atoms with Crippen molar-refractivity contribution in [3.63, 3.8) is 0 Å². The summed E-state index contributed by atoms with van der Waals surface area (Å²) in [6.07, 6.45) is -0.466. The topological polar surface area (TPSA) is 195 Å². The minimum atomic E-state index is -4.36. The fraction of sp³-hybridized carbons (Fsp3) is 0.158. The lowest BCUT2D eigenvalue weighted by Gasteiger charge is -2.08. The van der Waals surface area contributed by atoms with Gasteiger partial charge in [-0.1, -0.05) is 6.07 Å². The smallest absolute Gasteiger partial charge is 0.307 e. The van der Waals surface area contributed by atoms with Crippen molar-refractivity contribution in [3.8, 4) is 5.75 Å². The van der Waals surface area contributed by atoms with Gasteiger partial charge in [-0.25, -0.2) is 0 Å². The number of aromatic hydroxyl groups is 1. The van der Waals surface area contributed by atoms with Crippen LogP contribution in [0.1, 0.15) is 27.0 Å². The van der Waals surface area contributed by atoms with Crippen molar-refractivity contribution in [2.75, 3.05) is 5.32 Å². The molecule has 0 aromatic heterocycles. The summed E-state index contributed by atoms with van der Waals surface area (Å²) in [6, 6.07) is 6.13. The first kappa shape index (κ1) is 23.5. The molecule has 0 saturated heterocycles. The second kappa shape index (κ2) is 8.93. The number of hydrogen-bond acceptors (Lipinski definition) is 7. The Morgan fingerprint density at radius 1 is 0.968 bits per heavy atom. The fourth-order valence-corrected chi connectivity index (χ4v) is 3.25. The van der Waals surface area contributed by atoms with E-state index in [4.69, 9.17) is 14.8 Å². The lowest BCUT2D eigenvalue weighted by atomic mass is 10.00. The van der Waals surface area contributed by atoms with Crippen molar-refractivity contribution in [2.24, 2.45) is 0 Å². The maximum absolute atomic E-state index is 11.2. The molecule has 2 aromatic carbocycles. The van der Waals surface area contributed by atoms with E-state index in [0.29, 0.717) is 16.7 Å². The largest absolute Gasteiger partial charge is 0.508 e. The molecule has 0 spiro atoms. The zero-order chi connectivity index (χ0) is 23.5. The number of hydrogen-bond donors (Lipinski definition) is 5. The molecule has 0 unspecified atom stereocenters. The Morgan fingerprint density at radius 3 is 2.10 bits per heavy atom. The Kier molecular flexibility index (Phi) is 6.78. The third kappa shape index (κ3) is 5.87. The number of anilines is 1. The van der Waals surface area contributed by atoms with E-state index in [1.807, 2.05) is 0 Å². The average Bonchev–Trinajstić information content (AvgIpc) is 2.92. The summed E-state index contributed by atoms with van der Waals surface area (Å²) in [4.78, 5) is 42.7. The van der Waals surface area contributed by atoms with E-state index in [9.17, 15) is 32.7 Å². The van der Waals surface area contributed by atoms with E-state index >= 15 is 0 Å². The molecule has 0 aliphatic carbocycles. The maximum atomic E-state index is 11.2. The van der Waals surface area contributed by atoms with Crippen molar-refractivity contribution in [1.29, 1.82) is 0 Å². The van der Waals surface area contributed by atoms with Crippen molar-refractivity contribution >= 4 is 39.4 Å². The average molecular weight is 451 g/mol. The summed E-state index contributed by atoms with van der Waals surface area (Å²) >= 11 is 0. The van der Waals surface area contributed by atoms with Crippen molar-refractivity contribution in [1.82, 2.24) is 0 Å². The molecule has 0 fully saturated rings. The van der Waals surface area contributed by atoms with Gasteiger partial charge < -0.3 is 20.6 Å². The van der Waals surface area contributed by atoms with Gasteiger partial charge in [-0.05, 0) is 42.3 Å². The molecular weight excluding hydrogens is 434 g/mol. The SMILES string of the molecule is Cc1cc(CC(=O)O)c(O)cc1CC(=O)O.O=C1Nc2ccc(S(=O)(=O)O)cc2C1=O. The minimum Gasteiger partial charge on any atom is -0.508 e. The Labute approximate surface area is 175 Å². The third-order valence-electron chi connectivity index (χ3n) is 4.21. The predicted octanol–water partition coefficient (Wildman–Crippen LogP) is 1.02. The van der Waals surface area contributed by atoms with Crippen LogP contribution in [0.25, 0.3) is 0 Å². The molecule has 1 aliphatic rings. The van der Waals surface area contributed by atoms with Crippen LogP contribution in [-0.2, 0) is 37.3 Å². The van der Waals surface area contributed by atoms with Crippen LogP contribution in [0.5, 0.6) is 5.75 Å². The van der Waals surface area contributed by atoms with Crippen molar-refractivity contribution in [2.45, 2.75) is 24.7 Å². The molecule has 0 radical (unpaired) electrons. The van der Waals surface area contributed by atoms with E-state index in [2.05, 4.69) is 5.32 Å². The number of phenolic OH excluding ortho intramolecular Hbond substituents is 1. The zero-order valence-corrected chi connectivity index (χ0v) is 16.8. The highest BCUT2D eigenvalue weighted by molar-refractivity contribution is 7.85. The van der Waals surface area contributed by atoms with Crippen LogP contribution in [0.2, 0.25) is 0 Å². The van der Waals surface area contributed by atoms with Crippen LogP contribution in [0.15, 0.2) is 35.2 Å². The van der Waals surface area contributed by atoms with Crippen molar-refractivity contribution in [3.05, 3.63) is 52.6 Å². The van der Waals surface area contributed by atoms with E-state index in [1.165, 1.54) is 18.2 Å². The number of amides is 1. The number of phenols is 1. The maximum Gasteiger partial charge on any atom is 0.307 e. The summed E-state index contributed by atoms with van der Waals surface area (Å²) < 4.78 is 30.2. The second-order valence-corrected chi connectivity index (χ2v) is 7.94. The number of aryl methyl sites for hydroxylation is 1. The van der Waals surface area contributed by atoms with E-state index in [-0.39, 0.29) is 29.8 Å². The first-order valence-electron chi connectivity index (χ1n) is 8.51. The van der Waals surface area contributed by atoms with Crippen LogP contribution < -0.4 is 5.32 Å². The Morgan fingerprint density at radius 2 is 1.55 bits per heavy atom. The minimum absolute atomic E-state index is 0.0462. The highest BCUT2D eigenvalue weighted by Crippen LogP contribution is 2.25. The molecule has 0 bridgehead atoms. The van der Waals surface area contributed by atoms with Gasteiger partial charge in [0.05, 0.1) is 29.0 Å². The van der Waals surface area contributed by atoms with Gasteiger partial charge >= 0.3 is 11.9 Å². The van der Waals surface area contributed by atoms with Gasteiger partial charge in [0.1, 0.15) is 5.75 Å². The lowest BCUT2D eigenvalue weighted by molar-refractivity contribution is -0.137. The van der Waals surface area contributed by atoms with Gasteiger partial charge in [-0.2, -0.15) is 8.42 Å². The number of carboxylic acids is 2. The number of rotatable bonds is 5. The number of aliphatic carboxylic acids is 2. The Bertz CT molecular complexity index is 1160. The molecule has 3 rings (SSSR count). The molecule has 1 amide bonds. The summed E-state index contributed by atoms with van der Waals surface area (Å²) in [7, 11) is -4.36. The molecule has 12 heteroatoms. The normalized spacial score (nSPS) is 12.5. The van der Waals surface area contributed by atoms with Gasteiger partial charge in [0.25, 0.3) is 21.8 Å². The predicted molar refractivity (Wildman–Crippen MR) is 105 cm³/mol. The molecular formula is C19H17NO10S. The molecule has 31 heavy (non-hydrogen) atoms. The quantitative estimate of drug-likeness (QED) is 0.323. The van der Waals surface area contributed by atoms with Crippen LogP contribution in [0.3, 0.4) is 0 Å². The van der Waals surface area contributed by atoms with Gasteiger partial charge in [-0.3, -0.25) is 23.7 Å². The molecule has 2 aromatic rings. The molecule has 1 heterocycles. The summed E-state index contributed by atoms with van der Waals surface area (Å²) in [5.41, 5.74) is 1.64. The monoisotopic (exact) mass is 451 g/mol. The molecule has 5 N–H and O–H groups in total. The summed E-state index contributed by atoms with van der Waals surface area (Å²) in [5.74, 6) is -3.83. The van der Waals surface area contributed by atoms with Gasteiger partial charge in [0.2, 0.25) is 0 Å². The lowest BCUT2D eigenvalue weighted by Crippen LogP contribution is -2.12. The van der Waals surface area contributed by atoms with E-state index in [0.717, 1.165) is 12.1 Å². The van der Waals surface area contributed by atoms with E-state index < -0.39 is 38.6 Å². The first-order valence-corrected chi connectivity index (χ1v) is 9.95. The highest BCUT2D eigenvalue weighted by atomic mass is 32.2. The number of nitrogens with one attached hydrogen (secondary N) is 1. The van der Waals surface area contributed by atoms with Crippen LogP contribution in [-0.4, -0.2) is 51.9 Å². The third-order valence-corrected chi connectivity index (χ3v) is 5.06. The summed E-state index contributed by atoms with van der Waals surface area (Å²) in [6.45, 7) is 1.68. The fourth-order valence-electron chi connectivity index (χ4n) is 2.74. The van der Waals surface area contributed by atoms with Gasteiger partial charge in [0, 0.05) is 5.56 Å². The molecule has 1 aliphatic heterocycles. The second-order valence-electron chi connectivity index (χ2n) is 6.51. The van der Waals surface area contributed by atoms with Crippen LogP contribution >= 0.6 is 0 Å². The number of fused-ring (bicyclic) bond motifs is 1. The number of benzene rings is 2. The van der Waals surface area contributed by atoms with Crippen molar-refractivity contribution < 1.29 is 47.5 Å².